The Kier molecular flexibility index (Phi) is 7.04. The standard InChI is InChI=1S/C25H24N2O5S/c1-3-13-31-20-11-9-17(14-21(20)30-4-2)10-12-24(29)32-16-18-15-23(28)27-19-7-5-6-8-22(19)33-25(27)26-18/h5-12,14-15H,3-4,13,16H2,1-2H3. The highest BCUT2D eigenvalue weighted by Crippen LogP contribution is 2.29. The number of ether oxygens (including phenoxy) is 3. The van der Waals surface area contributed by atoms with Gasteiger partial charge in [0.25, 0.3) is 5.56 Å². The first-order valence-corrected chi connectivity index (χ1v) is 11.6. The number of fused-ring (bicyclic) bond motifs is 3. The highest BCUT2D eigenvalue weighted by molar-refractivity contribution is 7.23. The first kappa shape index (κ1) is 22.5. The zero-order valence-electron chi connectivity index (χ0n) is 18.4. The number of hydrogen-bond acceptors (Lipinski definition) is 7. The minimum absolute atomic E-state index is 0.0862. The molecule has 0 saturated carbocycles. The summed E-state index contributed by atoms with van der Waals surface area (Å²) < 4.78 is 19.2. The number of esters is 1. The molecule has 7 nitrogen and oxygen atoms in total. The first-order valence-electron chi connectivity index (χ1n) is 10.7. The molecule has 0 aliphatic carbocycles. The van der Waals surface area contributed by atoms with E-state index in [-0.39, 0.29) is 12.2 Å². The molecular weight excluding hydrogens is 440 g/mol. The van der Waals surface area contributed by atoms with Crippen molar-refractivity contribution in [3.8, 4) is 11.5 Å². The molecule has 2 aromatic heterocycles. The van der Waals surface area contributed by atoms with Gasteiger partial charge in [0.15, 0.2) is 16.5 Å². The normalized spacial score (nSPS) is 11.3. The van der Waals surface area contributed by atoms with E-state index in [1.165, 1.54) is 23.5 Å². The van der Waals surface area contributed by atoms with E-state index in [1.54, 1.807) is 10.5 Å². The molecule has 0 radical (unpaired) electrons. The summed E-state index contributed by atoms with van der Waals surface area (Å²) in [6.45, 7) is 4.97. The number of carbonyl (C=O) groups is 1. The second-order valence-corrected chi connectivity index (χ2v) is 8.21. The molecule has 0 aliphatic rings. The van der Waals surface area contributed by atoms with Gasteiger partial charge in [-0.05, 0) is 49.2 Å². The Morgan fingerprint density at radius 1 is 1.09 bits per heavy atom. The summed E-state index contributed by atoms with van der Waals surface area (Å²) in [7, 11) is 0. The van der Waals surface area contributed by atoms with Crippen LogP contribution < -0.4 is 15.0 Å². The van der Waals surface area contributed by atoms with Crippen molar-refractivity contribution in [2.75, 3.05) is 13.2 Å². The Morgan fingerprint density at radius 3 is 2.76 bits per heavy atom. The predicted molar refractivity (Wildman–Crippen MR) is 129 cm³/mol. The van der Waals surface area contributed by atoms with Gasteiger partial charge in [-0.2, -0.15) is 0 Å². The molecule has 4 aromatic rings. The molecule has 33 heavy (non-hydrogen) atoms. The van der Waals surface area contributed by atoms with E-state index in [2.05, 4.69) is 4.98 Å². The van der Waals surface area contributed by atoms with Gasteiger partial charge in [-0.15, -0.1) is 0 Å². The number of aromatic nitrogens is 2. The Morgan fingerprint density at radius 2 is 1.94 bits per heavy atom. The zero-order valence-corrected chi connectivity index (χ0v) is 19.3. The van der Waals surface area contributed by atoms with Gasteiger partial charge in [-0.25, -0.2) is 9.78 Å². The van der Waals surface area contributed by atoms with Gasteiger partial charge in [-0.3, -0.25) is 9.20 Å². The summed E-state index contributed by atoms with van der Waals surface area (Å²) >= 11 is 1.42. The molecule has 2 heterocycles. The second kappa shape index (κ2) is 10.3. The summed E-state index contributed by atoms with van der Waals surface area (Å²) in [6.07, 6.45) is 3.88. The Bertz CT molecular complexity index is 1370. The van der Waals surface area contributed by atoms with Crippen LogP contribution in [0.15, 0.2) is 59.4 Å². The van der Waals surface area contributed by atoms with Gasteiger partial charge in [0, 0.05) is 12.1 Å². The third-order valence-electron chi connectivity index (χ3n) is 4.75. The van der Waals surface area contributed by atoms with Gasteiger partial charge < -0.3 is 14.2 Å². The van der Waals surface area contributed by atoms with E-state index in [1.807, 2.05) is 56.3 Å². The summed E-state index contributed by atoms with van der Waals surface area (Å²) in [4.78, 5) is 29.8. The van der Waals surface area contributed by atoms with Crippen LogP contribution in [0.5, 0.6) is 11.5 Å². The van der Waals surface area contributed by atoms with E-state index in [0.29, 0.717) is 35.4 Å². The maximum Gasteiger partial charge on any atom is 0.331 e. The summed E-state index contributed by atoms with van der Waals surface area (Å²) in [6, 6.07) is 14.5. The summed E-state index contributed by atoms with van der Waals surface area (Å²) in [5.74, 6) is 0.771. The lowest BCUT2D eigenvalue weighted by Gasteiger charge is -2.12. The predicted octanol–water partition coefficient (Wildman–Crippen LogP) is 4.85. The van der Waals surface area contributed by atoms with Crippen LogP contribution in [-0.4, -0.2) is 28.6 Å². The number of para-hydroxylation sites is 1. The van der Waals surface area contributed by atoms with Crippen molar-refractivity contribution in [2.45, 2.75) is 26.9 Å². The average Bonchev–Trinajstić information content (AvgIpc) is 3.20. The van der Waals surface area contributed by atoms with Crippen LogP contribution in [0, 0.1) is 0 Å². The molecule has 2 aromatic carbocycles. The monoisotopic (exact) mass is 464 g/mol. The number of rotatable bonds is 9. The maximum atomic E-state index is 12.6. The molecule has 0 amide bonds. The molecule has 0 unspecified atom stereocenters. The fourth-order valence-electron chi connectivity index (χ4n) is 3.28. The Labute approximate surface area is 194 Å². The molecule has 0 atom stereocenters. The molecule has 4 rings (SSSR count). The smallest absolute Gasteiger partial charge is 0.331 e. The van der Waals surface area contributed by atoms with Crippen molar-refractivity contribution >= 4 is 38.6 Å². The molecule has 0 spiro atoms. The van der Waals surface area contributed by atoms with Gasteiger partial charge in [-0.1, -0.05) is 36.5 Å². The molecule has 170 valence electrons. The topological polar surface area (TPSA) is 79.1 Å². The average molecular weight is 465 g/mol. The molecule has 0 saturated heterocycles. The van der Waals surface area contributed by atoms with E-state index in [4.69, 9.17) is 14.2 Å². The molecule has 0 N–H and O–H groups in total. The molecule has 0 fully saturated rings. The number of carbonyl (C=O) groups excluding carboxylic acids is 1. The largest absolute Gasteiger partial charge is 0.490 e. The Hall–Kier alpha value is -3.65. The zero-order chi connectivity index (χ0) is 23.2. The van der Waals surface area contributed by atoms with Crippen LogP contribution in [-0.2, 0) is 16.1 Å². The van der Waals surface area contributed by atoms with Crippen molar-refractivity contribution in [3.63, 3.8) is 0 Å². The third kappa shape index (κ3) is 5.23. The van der Waals surface area contributed by atoms with Crippen molar-refractivity contribution < 1.29 is 19.0 Å². The van der Waals surface area contributed by atoms with Crippen molar-refractivity contribution in [1.82, 2.24) is 9.38 Å². The van der Waals surface area contributed by atoms with Gasteiger partial charge in [0.1, 0.15) is 6.61 Å². The quantitative estimate of drug-likeness (QED) is 0.260. The van der Waals surface area contributed by atoms with Gasteiger partial charge in [0.05, 0.1) is 29.1 Å². The minimum atomic E-state index is -0.530. The second-order valence-electron chi connectivity index (χ2n) is 7.20. The lowest BCUT2D eigenvalue weighted by molar-refractivity contribution is -0.139. The van der Waals surface area contributed by atoms with Gasteiger partial charge >= 0.3 is 5.97 Å². The molecular formula is C25H24N2O5S. The molecule has 0 bridgehead atoms. The first-order chi connectivity index (χ1) is 16.1. The van der Waals surface area contributed by atoms with E-state index < -0.39 is 5.97 Å². The van der Waals surface area contributed by atoms with Crippen LogP contribution >= 0.6 is 11.3 Å². The fourth-order valence-corrected chi connectivity index (χ4v) is 4.33. The Balaban J connectivity index is 1.44. The lowest BCUT2D eigenvalue weighted by atomic mass is 10.2. The van der Waals surface area contributed by atoms with Crippen LogP contribution in [0.4, 0.5) is 0 Å². The minimum Gasteiger partial charge on any atom is -0.490 e. The van der Waals surface area contributed by atoms with Crippen molar-refractivity contribution in [1.29, 1.82) is 0 Å². The van der Waals surface area contributed by atoms with Crippen LogP contribution in [0.2, 0.25) is 0 Å². The number of thiazole rings is 1. The molecule has 8 heteroatoms. The SMILES string of the molecule is CCCOc1ccc(C=CC(=O)OCc2cc(=O)n3c(n2)sc2ccccc23)cc1OCC. The van der Waals surface area contributed by atoms with Crippen molar-refractivity contribution in [3.05, 3.63) is 76.2 Å². The highest BCUT2D eigenvalue weighted by atomic mass is 32.1. The summed E-state index contributed by atoms with van der Waals surface area (Å²) in [5.41, 5.74) is 1.80. The van der Waals surface area contributed by atoms with Crippen LogP contribution in [0.25, 0.3) is 21.3 Å². The van der Waals surface area contributed by atoms with Gasteiger partial charge in [0.2, 0.25) is 0 Å². The lowest BCUT2D eigenvalue weighted by Crippen LogP contribution is -2.14. The maximum absolute atomic E-state index is 12.6. The fraction of sp³-hybridized carbons (Fsp3) is 0.240. The number of nitrogens with zero attached hydrogens (tertiary/aromatic N) is 2. The molecule has 0 aliphatic heterocycles. The van der Waals surface area contributed by atoms with E-state index >= 15 is 0 Å². The third-order valence-corrected chi connectivity index (χ3v) is 5.77. The van der Waals surface area contributed by atoms with E-state index in [9.17, 15) is 9.59 Å². The number of benzene rings is 2. The van der Waals surface area contributed by atoms with Crippen LogP contribution in [0.3, 0.4) is 0 Å². The van der Waals surface area contributed by atoms with Crippen molar-refractivity contribution in [2.24, 2.45) is 0 Å². The van der Waals surface area contributed by atoms with E-state index in [0.717, 1.165) is 22.2 Å². The number of hydrogen-bond donors (Lipinski definition) is 0. The highest BCUT2D eigenvalue weighted by Gasteiger charge is 2.10. The summed E-state index contributed by atoms with van der Waals surface area (Å²) in [5, 5.41) is 0. The van der Waals surface area contributed by atoms with Crippen LogP contribution in [0.1, 0.15) is 31.5 Å².